The first-order valence-corrected chi connectivity index (χ1v) is 8.12. The van der Waals surface area contributed by atoms with E-state index in [1.807, 2.05) is 0 Å². The summed E-state index contributed by atoms with van der Waals surface area (Å²) in [5.74, 6) is 0.678. The largest absolute Gasteiger partial charge is 0.437 e. The number of benzene rings is 2. The van der Waals surface area contributed by atoms with E-state index in [9.17, 15) is 13.2 Å². The molecule has 136 valence electrons. The second-order valence-electron chi connectivity index (χ2n) is 5.58. The van der Waals surface area contributed by atoms with E-state index in [0.717, 1.165) is 12.1 Å². The van der Waals surface area contributed by atoms with Crippen molar-refractivity contribution in [3.05, 3.63) is 71.5 Å². The van der Waals surface area contributed by atoms with Crippen LogP contribution < -0.4 is 4.74 Å². The highest BCUT2D eigenvalue weighted by atomic mass is 35.5. The average Bonchev–Trinajstić information content (AvgIpc) is 3.02. The van der Waals surface area contributed by atoms with Gasteiger partial charge in [-0.15, -0.1) is 15.3 Å². The second-order valence-corrected chi connectivity index (χ2v) is 5.92. The van der Waals surface area contributed by atoms with E-state index in [1.165, 1.54) is 16.6 Å². The molecule has 0 aliphatic carbocycles. The fourth-order valence-corrected chi connectivity index (χ4v) is 2.71. The number of rotatable bonds is 3. The van der Waals surface area contributed by atoms with Gasteiger partial charge in [0.15, 0.2) is 5.65 Å². The zero-order valence-corrected chi connectivity index (χ0v) is 14.2. The van der Waals surface area contributed by atoms with Crippen LogP contribution in [0.2, 0.25) is 5.28 Å². The number of halogens is 4. The molecule has 0 bridgehead atoms. The fourth-order valence-electron chi connectivity index (χ4n) is 2.55. The maximum absolute atomic E-state index is 12.8. The molecule has 0 radical (unpaired) electrons. The molecule has 0 aliphatic heterocycles. The summed E-state index contributed by atoms with van der Waals surface area (Å²) in [6.07, 6.45) is -4.38. The monoisotopic (exact) mass is 390 g/mol. The summed E-state index contributed by atoms with van der Waals surface area (Å²) in [7, 11) is 0. The molecule has 0 spiro atoms. The van der Waals surface area contributed by atoms with Crippen LogP contribution in [0.15, 0.2) is 60.7 Å². The van der Waals surface area contributed by atoms with E-state index in [2.05, 4.69) is 15.3 Å². The molecule has 2 aromatic carbocycles. The van der Waals surface area contributed by atoms with Gasteiger partial charge in [-0.3, -0.25) is 0 Å². The molecule has 0 amide bonds. The van der Waals surface area contributed by atoms with Crippen molar-refractivity contribution >= 4 is 17.2 Å². The second kappa shape index (κ2) is 6.55. The van der Waals surface area contributed by atoms with Gasteiger partial charge in [-0.25, -0.2) is 0 Å². The van der Waals surface area contributed by atoms with E-state index >= 15 is 0 Å². The Labute approximate surface area is 156 Å². The zero-order chi connectivity index (χ0) is 19.0. The Morgan fingerprint density at radius 1 is 0.889 bits per heavy atom. The number of alkyl halides is 3. The normalized spacial score (nSPS) is 11.7. The predicted octanol–water partition coefficient (Wildman–Crippen LogP) is 5.26. The summed E-state index contributed by atoms with van der Waals surface area (Å²) >= 11 is 5.91. The quantitative estimate of drug-likeness (QED) is 0.479. The van der Waals surface area contributed by atoms with Crippen molar-refractivity contribution in [1.82, 2.24) is 19.8 Å². The molecule has 0 N–H and O–H groups in total. The molecule has 0 saturated heterocycles. The lowest BCUT2D eigenvalue weighted by molar-refractivity contribution is -0.137. The number of aromatic nitrogens is 4. The molecule has 2 heterocycles. The van der Waals surface area contributed by atoms with Crippen LogP contribution in [-0.2, 0) is 6.18 Å². The Morgan fingerprint density at radius 3 is 2.37 bits per heavy atom. The number of hydrogen-bond acceptors (Lipinski definition) is 4. The lowest BCUT2D eigenvalue weighted by Gasteiger charge is -2.12. The molecular formula is C18H10ClF3N4O. The van der Waals surface area contributed by atoms with Gasteiger partial charge in [0.25, 0.3) is 0 Å². The summed E-state index contributed by atoms with van der Waals surface area (Å²) in [6.45, 7) is 0. The van der Waals surface area contributed by atoms with Crippen molar-refractivity contribution in [3.8, 4) is 22.8 Å². The van der Waals surface area contributed by atoms with Crippen LogP contribution in [-0.4, -0.2) is 19.8 Å². The van der Waals surface area contributed by atoms with Crippen LogP contribution in [0.3, 0.4) is 0 Å². The predicted molar refractivity (Wildman–Crippen MR) is 92.7 cm³/mol. The van der Waals surface area contributed by atoms with Gasteiger partial charge in [0.2, 0.25) is 11.2 Å². The molecule has 2 aromatic heterocycles. The molecular weight excluding hydrogens is 381 g/mol. The van der Waals surface area contributed by atoms with E-state index in [0.29, 0.717) is 22.5 Å². The average molecular weight is 391 g/mol. The minimum Gasteiger partial charge on any atom is -0.437 e. The lowest BCUT2D eigenvalue weighted by atomic mass is 10.0. The smallest absolute Gasteiger partial charge is 0.416 e. The molecule has 0 atom stereocenters. The van der Waals surface area contributed by atoms with Crippen molar-refractivity contribution in [2.75, 3.05) is 0 Å². The van der Waals surface area contributed by atoms with Crippen LogP contribution in [0.4, 0.5) is 13.2 Å². The van der Waals surface area contributed by atoms with Crippen LogP contribution >= 0.6 is 11.6 Å². The highest BCUT2D eigenvalue weighted by molar-refractivity contribution is 6.28. The fraction of sp³-hybridized carbons (Fsp3) is 0.0556. The first-order chi connectivity index (χ1) is 12.9. The van der Waals surface area contributed by atoms with Gasteiger partial charge in [-0.2, -0.15) is 17.7 Å². The van der Waals surface area contributed by atoms with Gasteiger partial charge in [0.1, 0.15) is 5.75 Å². The summed E-state index contributed by atoms with van der Waals surface area (Å²) < 4.78 is 45.4. The van der Waals surface area contributed by atoms with Crippen LogP contribution in [0, 0.1) is 0 Å². The van der Waals surface area contributed by atoms with Crippen LogP contribution in [0.25, 0.3) is 16.8 Å². The van der Waals surface area contributed by atoms with Gasteiger partial charge in [-0.05, 0) is 41.4 Å². The topological polar surface area (TPSA) is 52.3 Å². The first-order valence-electron chi connectivity index (χ1n) is 7.74. The highest BCUT2D eigenvalue weighted by Gasteiger charge is 2.30. The maximum atomic E-state index is 12.8. The Bertz CT molecular complexity index is 1110. The minimum absolute atomic E-state index is 0.0893. The van der Waals surface area contributed by atoms with E-state index in [4.69, 9.17) is 16.3 Å². The number of hydrogen-bond donors (Lipinski definition) is 0. The standard InChI is InChI=1S/C18H10ClF3N4O/c19-17-24-23-15-9-10-16(25-26(15)17)27-14-4-2-1-3-13(14)11-5-7-12(8-6-11)18(20,21)22/h1-10H. The number of fused-ring (bicyclic) bond motifs is 1. The Kier molecular flexibility index (Phi) is 4.19. The van der Waals surface area contributed by atoms with Gasteiger partial charge < -0.3 is 4.74 Å². The van der Waals surface area contributed by atoms with Crippen molar-refractivity contribution in [2.45, 2.75) is 6.18 Å². The lowest BCUT2D eigenvalue weighted by Crippen LogP contribution is -2.04. The third kappa shape index (κ3) is 3.43. The molecule has 4 rings (SSSR count). The SMILES string of the molecule is FC(F)(F)c1ccc(-c2ccccc2Oc2ccc3nnc(Cl)n3n2)cc1. The summed E-state index contributed by atoms with van der Waals surface area (Å²) in [5.41, 5.74) is 0.965. The van der Waals surface area contributed by atoms with Crippen molar-refractivity contribution < 1.29 is 17.9 Å². The Hall–Kier alpha value is -3.13. The summed E-state index contributed by atoms with van der Waals surface area (Å²) in [4.78, 5) is 0. The minimum atomic E-state index is -4.38. The van der Waals surface area contributed by atoms with Crippen LogP contribution in [0.5, 0.6) is 11.6 Å². The zero-order valence-electron chi connectivity index (χ0n) is 13.5. The first kappa shape index (κ1) is 17.3. The Balaban J connectivity index is 1.69. The number of para-hydroxylation sites is 1. The third-order valence-electron chi connectivity index (χ3n) is 3.83. The van der Waals surface area contributed by atoms with Crippen molar-refractivity contribution in [1.29, 1.82) is 0 Å². The molecule has 0 aliphatic rings. The van der Waals surface area contributed by atoms with Crippen LogP contribution in [0.1, 0.15) is 5.56 Å². The molecule has 27 heavy (non-hydrogen) atoms. The van der Waals surface area contributed by atoms with Crippen molar-refractivity contribution in [2.24, 2.45) is 0 Å². The Morgan fingerprint density at radius 2 is 1.63 bits per heavy atom. The molecule has 0 unspecified atom stereocenters. The number of ether oxygens (including phenoxy) is 1. The van der Waals surface area contributed by atoms with Gasteiger partial charge in [0.05, 0.1) is 5.56 Å². The molecule has 0 fully saturated rings. The molecule has 0 saturated carbocycles. The van der Waals surface area contributed by atoms with Gasteiger partial charge >= 0.3 is 6.18 Å². The molecule has 5 nitrogen and oxygen atoms in total. The number of nitrogens with zero attached hydrogens (tertiary/aromatic N) is 4. The highest BCUT2D eigenvalue weighted by Crippen LogP contribution is 2.35. The molecule has 9 heteroatoms. The van der Waals surface area contributed by atoms with E-state index < -0.39 is 11.7 Å². The van der Waals surface area contributed by atoms with E-state index in [1.54, 1.807) is 36.4 Å². The van der Waals surface area contributed by atoms with Gasteiger partial charge in [-0.1, -0.05) is 30.3 Å². The van der Waals surface area contributed by atoms with Crippen molar-refractivity contribution in [3.63, 3.8) is 0 Å². The third-order valence-corrected chi connectivity index (χ3v) is 4.06. The van der Waals surface area contributed by atoms with Gasteiger partial charge in [0, 0.05) is 11.6 Å². The van der Waals surface area contributed by atoms with E-state index in [-0.39, 0.29) is 11.2 Å². The summed E-state index contributed by atoms with van der Waals surface area (Å²) in [6, 6.07) is 15.1. The summed E-state index contributed by atoms with van der Waals surface area (Å²) in [5, 5.41) is 11.8. The maximum Gasteiger partial charge on any atom is 0.416 e. The molecule has 4 aromatic rings.